The van der Waals surface area contributed by atoms with Gasteiger partial charge in [0, 0.05) is 12.1 Å². The molecule has 1 aliphatic carbocycles. The molecule has 0 heterocycles. The molecule has 1 atom stereocenters. The molecule has 1 aliphatic rings. The minimum atomic E-state index is 0.697. The fourth-order valence-electron chi connectivity index (χ4n) is 2.48. The van der Waals surface area contributed by atoms with Crippen LogP contribution in [0.25, 0.3) is 0 Å². The third-order valence-electron chi connectivity index (χ3n) is 4.07. The molecule has 0 aromatic carbocycles. The van der Waals surface area contributed by atoms with E-state index in [1.165, 1.54) is 32.1 Å². The average molecular weight is 211 g/mol. The normalized spacial score (nSPS) is 20.0. The Bertz CT molecular complexity index is 170. The van der Waals surface area contributed by atoms with Crippen molar-refractivity contribution in [2.45, 2.75) is 71.9 Å². The molecule has 15 heavy (non-hydrogen) atoms. The number of hydrogen-bond acceptors (Lipinski definition) is 1. The second-order valence-corrected chi connectivity index (χ2v) is 5.99. The summed E-state index contributed by atoms with van der Waals surface area (Å²) in [6.45, 7) is 9.32. The maximum absolute atomic E-state index is 2.60. The smallest absolute Gasteiger partial charge is 0.0123 e. The van der Waals surface area contributed by atoms with Crippen molar-refractivity contribution >= 4 is 0 Å². The fraction of sp³-hybridized carbons (Fsp3) is 1.00. The summed E-state index contributed by atoms with van der Waals surface area (Å²) in [6.07, 6.45) is 7.20. The lowest BCUT2D eigenvalue weighted by Crippen LogP contribution is -2.44. The summed E-state index contributed by atoms with van der Waals surface area (Å²) in [4.78, 5) is 2.60. The monoisotopic (exact) mass is 211 g/mol. The molecule has 1 fully saturated rings. The first-order chi connectivity index (χ1) is 7.02. The van der Waals surface area contributed by atoms with Crippen molar-refractivity contribution in [3.05, 3.63) is 0 Å². The van der Waals surface area contributed by atoms with Gasteiger partial charge in [-0.2, -0.15) is 0 Å². The molecule has 0 saturated heterocycles. The van der Waals surface area contributed by atoms with Crippen molar-refractivity contribution in [3.63, 3.8) is 0 Å². The second kappa shape index (κ2) is 5.89. The van der Waals surface area contributed by atoms with E-state index in [0.29, 0.717) is 6.04 Å². The van der Waals surface area contributed by atoms with Crippen LogP contribution >= 0.6 is 0 Å². The van der Waals surface area contributed by atoms with Crippen molar-refractivity contribution in [1.29, 1.82) is 0 Å². The molecule has 90 valence electrons. The Morgan fingerprint density at radius 3 is 2.00 bits per heavy atom. The third-order valence-corrected chi connectivity index (χ3v) is 4.07. The van der Waals surface area contributed by atoms with Gasteiger partial charge >= 0.3 is 0 Å². The lowest BCUT2D eigenvalue weighted by molar-refractivity contribution is 0.0832. The molecule has 0 amide bonds. The van der Waals surface area contributed by atoms with Gasteiger partial charge in [0.25, 0.3) is 0 Å². The average Bonchev–Trinajstić information content (AvgIpc) is 2.07. The molecular weight excluding hydrogens is 182 g/mol. The van der Waals surface area contributed by atoms with Crippen LogP contribution in [0, 0.1) is 11.8 Å². The maximum atomic E-state index is 2.60. The Kier molecular flexibility index (Phi) is 5.11. The van der Waals surface area contributed by atoms with Crippen molar-refractivity contribution < 1.29 is 0 Å². The maximum Gasteiger partial charge on any atom is 0.0123 e. The molecular formula is C14H29N. The standard InChI is InChI=1S/C14H29N/c1-11(2)9-10-14(13-7-6-8-13)15(5)12(3)4/h11-14H,6-10H2,1-5H3/t14-/m0/s1. The summed E-state index contributed by atoms with van der Waals surface area (Å²) in [7, 11) is 2.31. The summed E-state index contributed by atoms with van der Waals surface area (Å²) in [6, 6.07) is 1.55. The van der Waals surface area contributed by atoms with Gasteiger partial charge in [-0.15, -0.1) is 0 Å². The molecule has 0 spiro atoms. The van der Waals surface area contributed by atoms with Crippen molar-refractivity contribution in [2.75, 3.05) is 7.05 Å². The predicted octanol–water partition coefficient (Wildman–Crippen LogP) is 3.93. The first-order valence-electron chi connectivity index (χ1n) is 6.74. The molecule has 1 rings (SSSR count). The first-order valence-corrected chi connectivity index (χ1v) is 6.74. The van der Waals surface area contributed by atoms with Crippen LogP contribution in [0.2, 0.25) is 0 Å². The molecule has 1 heteroatoms. The van der Waals surface area contributed by atoms with Gasteiger partial charge in [-0.25, -0.2) is 0 Å². The van der Waals surface area contributed by atoms with E-state index in [9.17, 15) is 0 Å². The third kappa shape index (κ3) is 3.79. The van der Waals surface area contributed by atoms with Crippen LogP contribution in [-0.4, -0.2) is 24.0 Å². The van der Waals surface area contributed by atoms with E-state index < -0.39 is 0 Å². The zero-order chi connectivity index (χ0) is 11.4. The van der Waals surface area contributed by atoms with Crippen molar-refractivity contribution in [3.8, 4) is 0 Å². The molecule has 0 aromatic heterocycles. The summed E-state index contributed by atoms with van der Waals surface area (Å²) in [5.74, 6) is 1.85. The predicted molar refractivity (Wildman–Crippen MR) is 68.1 cm³/mol. The highest BCUT2D eigenvalue weighted by molar-refractivity contribution is 4.85. The van der Waals surface area contributed by atoms with Crippen molar-refractivity contribution in [2.24, 2.45) is 11.8 Å². The Balaban J connectivity index is 2.44. The Morgan fingerprint density at radius 1 is 1.07 bits per heavy atom. The molecule has 0 aromatic rings. The zero-order valence-corrected chi connectivity index (χ0v) is 11.3. The first kappa shape index (κ1) is 13.0. The van der Waals surface area contributed by atoms with Gasteiger partial charge in [0.15, 0.2) is 0 Å². The van der Waals surface area contributed by atoms with Crippen LogP contribution in [0.15, 0.2) is 0 Å². The summed E-state index contributed by atoms with van der Waals surface area (Å²) >= 11 is 0. The molecule has 0 unspecified atom stereocenters. The molecule has 0 aliphatic heterocycles. The minimum Gasteiger partial charge on any atom is -0.301 e. The highest BCUT2D eigenvalue weighted by atomic mass is 15.2. The Labute approximate surface area is 96.2 Å². The lowest BCUT2D eigenvalue weighted by Gasteiger charge is -2.41. The van der Waals surface area contributed by atoms with Gasteiger partial charge in [-0.05, 0) is 58.4 Å². The summed E-state index contributed by atoms with van der Waals surface area (Å²) in [5, 5.41) is 0. The molecule has 1 nitrogen and oxygen atoms in total. The fourth-order valence-corrected chi connectivity index (χ4v) is 2.48. The SMILES string of the molecule is CC(C)CC[C@@H](C1CCC1)N(C)C(C)C. The van der Waals surface area contributed by atoms with Crippen LogP contribution in [0.3, 0.4) is 0 Å². The molecule has 0 N–H and O–H groups in total. The zero-order valence-electron chi connectivity index (χ0n) is 11.3. The summed E-state index contributed by atoms with van der Waals surface area (Å²) in [5.41, 5.74) is 0. The van der Waals surface area contributed by atoms with E-state index in [4.69, 9.17) is 0 Å². The highest BCUT2D eigenvalue weighted by Gasteiger charge is 2.30. The Hall–Kier alpha value is -0.0400. The van der Waals surface area contributed by atoms with Gasteiger partial charge in [0.1, 0.15) is 0 Å². The largest absolute Gasteiger partial charge is 0.301 e. The number of rotatable bonds is 6. The highest BCUT2D eigenvalue weighted by Crippen LogP contribution is 2.35. The lowest BCUT2D eigenvalue weighted by atomic mass is 9.76. The quantitative estimate of drug-likeness (QED) is 0.643. The number of hydrogen-bond donors (Lipinski definition) is 0. The number of nitrogens with zero attached hydrogens (tertiary/aromatic N) is 1. The van der Waals surface area contributed by atoms with Crippen LogP contribution in [0.4, 0.5) is 0 Å². The summed E-state index contributed by atoms with van der Waals surface area (Å²) < 4.78 is 0. The van der Waals surface area contributed by atoms with Crippen LogP contribution in [0.5, 0.6) is 0 Å². The molecule has 0 radical (unpaired) electrons. The van der Waals surface area contributed by atoms with E-state index >= 15 is 0 Å². The van der Waals surface area contributed by atoms with Gasteiger partial charge < -0.3 is 4.90 Å². The van der Waals surface area contributed by atoms with Crippen LogP contribution < -0.4 is 0 Å². The van der Waals surface area contributed by atoms with Gasteiger partial charge in [0.05, 0.1) is 0 Å². The van der Waals surface area contributed by atoms with E-state index in [1.807, 2.05) is 0 Å². The minimum absolute atomic E-state index is 0.697. The Morgan fingerprint density at radius 2 is 1.67 bits per heavy atom. The second-order valence-electron chi connectivity index (χ2n) is 5.99. The van der Waals surface area contributed by atoms with E-state index in [-0.39, 0.29) is 0 Å². The van der Waals surface area contributed by atoms with Crippen LogP contribution in [0.1, 0.15) is 59.8 Å². The van der Waals surface area contributed by atoms with Crippen molar-refractivity contribution in [1.82, 2.24) is 4.90 Å². The van der Waals surface area contributed by atoms with Gasteiger partial charge in [0.2, 0.25) is 0 Å². The van der Waals surface area contributed by atoms with Crippen LogP contribution in [-0.2, 0) is 0 Å². The van der Waals surface area contributed by atoms with Gasteiger partial charge in [-0.1, -0.05) is 20.3 Å². The molecule has 0 bridgehead atoms. The van der Waals surface area contributed by atoms with E-state index in [2.05, 4.69) is 39.6 Å². The topological polar surface area (TPSA) is 3.24 Å². The van der Waals surface area contributed by atoms with Gasteiger partial charge in [-0.3, -0.25) is 0 Å². The molecule has 1 saturated carbocycles. The van der Waals surface area contributed by atoms with E-state index in [0.717, 1.165) is 17.9 Å². The van der Waals surface area contributed by atoms with E-state index in [1.54, 1.807) is 0 Å².